The third-order valence-electron chi connectivity index (χ3n) is 4.41. The Bertz CT molecular complexity index is 609. The molecule has 0 aromatic heterocycles. The number of carbonyl (C=O) groups is 3. The topological polar surface area (TPSA) is 105 Å². The lowest BCUT2D eigenvalue weighted by Crippen LogP contribution is -2.25. The summed E-state index contributed by atoms with van der Waals surface area (Å²) in [6.45, 7) is 1.74. The second-order valence-corrected chi connectivity index (χ2v) is 6.47. The van der Waals surface area contributed by atoms with E-state index in [0.717, 1.165) is 38.9 Å². The van der Waals surface area contributed by atoms with Crippen molar-refractivity contribution >= 4 is 23.5 Å². The summed E-state index contributed by atoms with van der Waals surface area (Å²) in [5.74, 6) is -0.660. The van der Waals surface area contributed by atoms with Crippen LogP contribution in [-0.4, -0.2) is 42.6 Å². The number of anilines is 1. The van der Waals surface area contributed by atoms with Gasteiger partial charge in [-0.25, -0.2) is 0 Å². The maximum absolute atomic E-state index is 12.0. The number of carboxylic acids is 1. The fraction of sp³-hybridized carbons (Fsp3) is 0.526. The highest BCUT2D eigenvalue weighted by Crippen LogP contribution is 2.21. The van der Waals surface area contributed by atoms with E-state index in [9.17, 15) is 14.4 Å². The molecule has 1 fully saturated rings. The molecule has 26 heavy (non-hydrogen) atoms. The first kappa shape index (κ1) is 19.9. The van der Waals surface area contributed by atoms with Gasteiger partial charge in [0.05, 0.1) is 6.42 Å². The Balaban J connectivity index is 1.69. The fourth-order valence-electron chi connectivity index (χ4n) is 2.90. The summed E-state index contributed by atoms with van der Waals surface area (Å²) in [5.41, 5.74) is 1.07. The number of nitrogens with one attached hydrogen (secondary N) is 2. The van der Waals surface area contributed by atoms with Crippen molar-refractivity contribution < 1.29 is 24.2 Å². The molecule has 0 saturated carbocycles. The molecule has 1 aliphatic heterocycles. The van der Waals surface area contributed by atoms with Crippen LogP contribution in [0.2, 0.25) is 0 Å². The zero-order valence-electron chi connectivity index (χ0n) is 14.8. The summed E-state index contributed by atoms with van der Waals surface area (Å²) >= 11 is 0. The van der Waals surface area contributed by atoms with Crippen LogP contribution < -0.4 is 10.6 Å². The molecule has 0 bridgehead atoms. The maximum Gasteiger partial charge on any atom is 0.305 e. The molecule has 1 saturated heterocycles. The normalized spacial score (nSPS) is 14.6. The van der Waals surface area contributed by atoms with Crippen LogP contribution >= 0.6 is 0 Å². The van der Waals surface area contributed by atoms with E-state index in [2.05, 4.69) is 10.6 Å². The number of hydrogen-bond acceptors (Lipinski definition) is 4. The van der Waals surface area contributed by atoms with E-state index in [1.807, 2.05) is 0 Å². The van der Waals surface area contributed by atoms with Gasteiger partial charge in [0.25, 0.3) is 5.91 Å². The first-order valence-electron chi connectivity index (χ1n) is 9.02. The molecule has 1 heterocycles. The highest BCUT2D eigenvalue weighted by atomic mass is 16.5. The highest BCUT2D eigenvalue weighted by Gasteiger charge is 2.14. The van der Waals surface area contributed by atoms with E-state index >= 15 is 0 Å². The molecule has 7 nitrogen and oxygen atoms in total. The van der Waals surface area contributed by atoms with Crippen molar-refractivity contribution in [1.29, 1.82) is 0 Å². The summed E-state index contributed by atoms with van der Waals surface area (Å²) in [4.78, 5) is 34.3. The monoisotopic (exact) mass is 362 g/mol. The van der Waals surface area contributed by atoms with Gasteiger partial charge in [-0.2, -0.15) is 0 Å². The van der Waals surface area contributed by atoms with Gasteiger partial charge < -0.3 is 20.5 Å². The van der Waals surface area contributed by atoms with Gasteiger partial charge in [-0.3, -0.25) is 14.4 Å². The van der Waals surface area contributed by atoms with Crippen molar-refractivity contribution in [3.8, 4) is 0 Å². The summed E-state index contributed by atoms with van der Waals surface area (Å²) < 4.78 is 5.33. The first-order valence-corrected chi connectivity index (χ1v) is 9.02. The number of ether oxygens (including phenoxy) is 1. The van der Waals surface area contributed by atoms with Crippen molar-refractivity contribution in [2.24, 2.45) is 5.92 Å². The standard InChI is InChI=1S/C19H26N2O5/c22-17(3-1-2-14-9-12-26-13-10-14)21-16-6-4-15(5-7-16)19(25)20-11-8-18(23)24/h4-7,14H,1-3,8-13H2,(H,20,25)(H,21,22)(H,23,24). The zero-order valence-corrected chi connectivity index (χ0v) is 14.8. The van der Waals surface area contributed by atoms with Crippen LogP contribution in [0.15, 0.2) is 24.3 Å². The third kappa shape index (κ3) is 7.23. The Morgan fingerprint density at radius 1 is 1.08 bits per heavy atom. The molecule has 7 heteroatoms. The third-order valence-corrected chi connectivity index (χ3v) is 4.41. The minimum atomic E-state index is -0.958. The highest BCUT2D eigenvalue weighted by molar-refractivity contribution is 5.95. The van der Waals surface area contributed by atoms with Gasteiger partial charge in [0.2, 0.25) is 5.91 Å². The van der Waals surface area contributed by atoms with Gasteiger partial charge in [-0.1, -0.05) is 0 Å². The Morgan fingerprint density at radius 3 is 2.42 bits per heavy atom. The lowest BCUT2D eigenvalue weighted by Gasteiger charge is -2.21. The summed E-state index contributed by atoms with van der Waals surface area (Å²) in [5, 5.41) is 13.9. The molecule has 142 valence electrons. The number of aliphatic carboxylic acids is 1. The van der Waals surface area contributed by atoms with E-state index in [4.69, 9.17) is 9.84 Å². The number of carbonyl (C=O) groups excluding carboxylic acids is 2. The van der Waals surface area contributed by atoms with Crippen molar-refractivity contribution in [3.63, 3.8) is 0 Å². The molecule has 0 unspecified atom stereocenters. The summed E-state index contributed by atoms with van der Waals surface area (Å²) in [7, 11) is 0. The van der Waals surface area contributed by atoms with Crippen LogP contribution in [0, 0.1) is 5.92 Å². The van der Waals surface area contributed by atoms with E-state index in [1.165, 1.54) is 0 Å². The van der Waals surface area contributed by atoms with Crippen LogP contribution in [-0.2, 0) is 14.3 Å². The lowest BCUT2D eigenvalue weighted by atomic mass is 9.94. The van der Waals surface area contributed by atoms with Crippen molar-refractivity contribution in [2.45, 2.75) is 38.5 Å². The van der Waals surface area contributed by atoms with Gasteiger partial charge in [0.1, 0.15) is 0 Å². The van der Waals surface area contributed by atoms with Crippen molar-refractivity contribution in [3.05, 3.63) is 29.8 Å². The Hall–Kier alpha value is -2.41. The average Bonchev–Trinajstić information content (AvgIpc) is 2.63. The second-order valence-electron chi connectivity index (χ2n) is 6.47. The quantitative estimate of drug-likeness (QED) is 0.626. The summed E-state index contributed by atoms with van der Waals surface area (Å²) in [6.07, 6.45) is 4.44. The molecule has 1 aromatic carbocycles. The van der Waals surface area contributed by atoms with Gasteiger partial charge in [0.15, 0.2) is 0 Å². The maximum atomic E-state index is 12.0. The van der Waals surface area contributed by atoms with Crippen molar-refractivity contribution in [2.75, 3.05) is 25.1 Å². The van der Waals surface area contributed by atoms with Crippen LogP contribution in [0.4, 0.5) is 5.69 Å². The molecular weight excluding hydrogens is 336 g/mol. The van der Waals surface area contributed by atoms with Gasteiger partial charge in [-0.15, -0.1) is 0 Å². The molecule has 1 aromatic rings. The van der Waals surface area contributed by atoms with Crippen molar-refractivity contribution in [1.82, 2.24) is 5.32 Å². The molecule has 1 aliphatic rings. The fourth-order valence-corrected chi connectivity index (χ4v) is 2.90. The van der Waals surface area contributed by atoms with Crippen LogP contribution in [0.1, 0.15) is 48.9 Å². The molecular formula is C19H26N2O5. The molecule has 3 N–H and O–H groups in total. The smallest absolute Gasteiger partial charge is 0.305 e. The van der Waals surface area contributed by atoms with Gasteiger partial charge in [-0.05, 0) is 55.9 Å². The number of benzene rings is 1. The molecule has 2 rings (SSSR count). The van der Waals surface area contributed by atoms with E-state index in [0.29, 0.717) is 23.6 Å². The van der Waals surface area contributed by atoms with E-state index in [1.54, 1.807) is 24.3 Å². The van der Waals surface area contributed by atoms with Gasteiger partial charge >= 0.3 is 5.97 Å². The second kappa shape index (κ2) is 10.6. The van der Waals surface area contributed by atoms with Crippen LogP contribution in [0.5, 0.6) is 0 Å². The summed E-state index contributed by atoms with van der Waals surface area (Å²) in [6, 6.07) is 6.55. The predicted molar refractivity (Wildman–Crippen MR) is 97.1 cm³/mol. The molecule has 0 radical (unpaired) electrons. The molecule has 0 aliphatic carbocycles. The number of rotatable bonds is 9. The van der Waals surface area contributed by atoms with Crippen LogP contribution in [0.3, 0.4) is 0 Å². The average molecular weight is 362 g/mol. The number of amides is 2. The molecule has 0 atom stereocenters. The lowest BCUT2D eigenvalue weighted by molar-refractivity contribution is -0.136. The number of hydrogen-bond donors (Lipinski definition) is 3. The minimum absolute atomic E-state index is 0.0317. The number of carboxylic acid groups (broad SMARTS) is 1. The molecule has 2 amide bonds. The first-order chi connectivity index (χ1) is 12.5. The Labute approximate surface area is 153 Å². The Morgan fingerprint density at radius 2 is 1.77 bits per heavy atom. The van der Waals surface area contributed by atoms with Crippen LogP contribution in [0.25, 0.3) is 0 Å². The van der Waals surface area contributed by atoms with E-state index in [-0.39, 0.29) is 24.8 Å². The SMILES string of the molecule is O=C(O)CCNC(=O)c1ccc(NC(=O)CCCC2CCOCC2)cc1. The van der Waals surface area contributed by atoms with E-state index < -0.39 is 5.97 Å². The minimum Gasteiger partial charge on any atom is -0.481 e. The Kier molecular flexibility index (Phi) is 8.08. The largest absolute Gasteiger partial charge is 0.481 e. The molecule has 0 spiro atoms. The van der Waals surface area contributed by atoms with Gasteiger partial charge in [0, 0.05) is 37.4 Å². The zero-order chi connectivity index (χ0) is 18.8. The predicted octanol–water partition coefficient (Wildman–Crippen LogP) is 2.43.